The zero-order chi connectivity index (χ0) is 15.4. The molecule has 21 heavy (non-hydrogen) atoms. The van der Waals surface area contributed by atoms with Gasteiger partial charge in [0, 0.05) is 17.7 Å². The SMILES string of the molecule is CC(C)Nc1cnn(Cc2cc(C#N)ccc2F)c(=O)c1. The molecule has 0 saturated heterocycles. The van der Waals surface area contributed by atoms with Crippen LogP contribution in [0.25, 0.3) is 0 Å². The van der Waals surface area contributed by atoms with Gasteiger partial charge in [0.05, 0.1) is 30.1 Å². The monoisotopic (exact) mass is 286 g/mol. The molecule has 0 bridgehead atoms. The molecule has 108 valence electrons. The summed E-state index contributed by atoms with van der Waals surface area (Å²) in [5, 5.41) is 15.9. The Morgan fingerprint density at radius 3 is 2.81 bits per heavy atom. The number of anilines is 1. The maximum Gasteiger partial charge on any atom is 0.269 e. The Kier molecular flexibility index (Phi) is 4.33. The van der Waals surface area contributed by atoms with E-state index in [1.165, 1.54) is 30.5 Å². The Labute approximate surface area is 121 Å². The number of nitrogens with one attached hydrogen (secondary N) is 1. The molecule has 0 unspecified atom stereocenters. The lowest BCUT2D eigenvalue weighted by molar-refractivity contribution is 0.572. The third-order valence-corrected chi connectivity index (χ3v) is 2.82. The van der Waals surface area contributed by atoms with E-state index in [-0.39, 0.29) is 23.7 Å². The van der Waals surface area contributed by atoms with Crippen molar-refractivity contribution in [1.82, 2.24) is 9.78 Å². The molecule has 1 aromatic carbocycles. The minimum Gasteiger partial charge on any atom is -0.381 e. The van der Waals surface area contributed by atoms with Crippen LogP contribution in [0.15, 0.2) is 35.3 Å². The van der Waals surface area contributed by atoms with Gasteiger partial charge in [0.15, 0.2) is 0 Å². The van der Waals surface area contributed by atoms with Crippen LogP contribution in [-0.2, 0) is 6.54 Å². The molecule has 0 aliphatic heterocycles. The van der Waals surface area contributed by atoms with E-state index in [4.69, 9.17) is 5.26 Å². The van der Waals surface area contributed by atoms with Crippen molar-refractivity contribution in [2.45, 2.75) is 26.4 Å². The summed E-state index contributed by atoms with van der Waals surface area (Å²) in [5.41, 5.74) is 0.894. The molecule has 1 heterocycles. The Balaban J connectivity index is 2.28. The summed E-state index contributed by atoms with van der Waals surface area (Å²) >= 11 is 0. The molecule has 0 amide bonds. The third kappa shape index (κ3) is 3.66. The summed E-state index contributed by atoms with van der Waals surface area (Å²) in [5.74, 6) is -0.466. The molecule has 5 nitrogen and oxygen atoms in total. The lowest BCUT2D eigenvalue weighted by Crippen LogP contribution is -2.24. The summed E-state index contributed by atoms with van der Waals surface area (Å²) < 4.78 is 14.9. The van der Waals surface area contributed by atoms with E-state index in [1.807, 2.05) is 19.9 Å². The summed E-state index contributed by atoms with van der Waals surface area (Å²) in [6.07, 6.45) is 1.52. The molecule has 6 heteroatoms. The van der Waals surface area contributed by atoms with Gasteiger partial charge in [-0.25, -0.2) is 9.07 Å². The first-order valence-electron chi connectivity index (χ1n) is 6.52. The first-order chi connectivity index (χ1) is 9.99. The van der Waals surface area contributed by atoms with Crippen LogP contribution in [0.4, 0.5) is 10.1 Å². The molecule has 1 aromatic heterocycles. The number of rotatable bonds is 4. The van der Waals surface area contributed by atoms with Gasteiger partial charge in [0.1, 0.15) is 5.82 Å². The van der Waals surface area contributed by atoms with Crippen molar-refractivity contribution in [3.05, 3.63) is 57.8 Å². The Morgan fingerprint density at radius 1 is 1.43 bits per heavy atom. The highest BCUT2D eigenvalue weighted by molar-refractivity contribution is 5.39. The molecule has 1 N–H and O–H groups in total. The van der Waals surface area contributed by atoms with Crippen LogP contribution in [-0.4, -0.2) is 15.8 Å². The first kappa shape index (κ1) is 14.7. The van der Waals surface area contributed by atoms with E-state index in [2.05, 4.69) is 10.4 Å². The van der Waals surface area contributed by atoms with E-state index in [0.717, 1.165) is 4.68 Å². The van der Waals surface area contributed by atoms with Crippen molar-refractivity contribution < 1.29 is 4.39 Å². The number of halogens is 1. The van der Waals surface area contributed by atoms with Crippen LogP contribution in [0.5, 0.6) is 0 Å². The van der Waals surface area contributed by atoms with Crippen molar-refractivity contribution >= 4 is 5.69 Å². The zero-order valence-corrected chi connectivity index (χ0v) is 11.8. The van der Waals surface area contributed by atoms with Gasteiger partial charge in [-0.2, -0.15) is 10.4 Å². The lowest BCUT2D eigenvalue weighted by Gasteiger charge is -2.11. The van der Waals surface area contributed by atoms with Gasteiger partial charge in [0.2, 0.25) is 0 Å². The molecule has 0 fully saturated rings. The number of benzene rings is 1. The third-order valence-electron chi connectivity index (χ3n) is 2.82. The molecule has 2 aromatic rings. The quantitative estimate of drug-likeness (QED) is 0.934. The smallest absolute Gasteiger partial charge is 0.269 e. The normalized spacial score (nSPS) is 10.4. The molecule has 0 spiro atoms. The molecule has 0 radical (unpaired) electrons. The lowest BCUT2D eigenvalue weighted by atomic mass is 10.1. The fourth-order valence-electron chi connectivity index (χ4n) is 1.89. The van der Waals surface area contributed by atoms with Crippen molar-refractivity contribution in [3.63, 3.8) is 0 Å². The van der Waals surface area contributed by atoms with Crippen LogP contribution in [0.2, 0.25) is 0 Å². The standard InChI is InChI=1S/C15H15FN4O/c1-10(2)19-13-6-15(21)20(18-8-13)9-12-5-11(7-17)3-4-14(12)16/h3-6,8,10,19H,9H2,1-2H3. The number of nitrogens with zero attached hydrogens (tertiary/aromatic N) is 3. The van der Waals surface area contributed by atoms with E-state index in [9.17, 15) is 9.18 Å². The summed E-state index contributed by atoms with van der Waals surface area (Å²) in [6, 6.07) is 7.57. The molecule has 0 aliphatic carbocycles. The second kappa shape index (κ2) is 6.18. The first-order valence-corrected chi connectivity index (χ1v) is 6.52. The average Bonchev–Trinajstić information content (AvgIpc) is 2.43. The van der Waals surface area contributed by atoms with Crippen molar-refractivity contribution in [3.8, 4) is 6.07 Å². The molecular formula is C15H15FN4O. The fraction of sp³-hybridized carbons (Fsp3) is 0.267. The molecule has 0 saturated carbocycles. The Morgan fingerprint density at radius 2 is 2.19 bits per heavy atom. The van der Waals surface area contributed by atoms with Crippen LogP contribution >= 0.6 is 0 Å². The maximum absolute atomic E-state index is 13.7. The maximum atomic E-state index is 13.7. The largest absolute Gasteiger partial charge is 0.381 e. The summed E-state index contributed by atoms with van der Waals surface area (Å²) in [4.78, 5) is 12.0. The molecule has 0 aliphatic rings. The summed E-state index contributed by atoms with van der Waals surface area (Å²) in [7, 11) is 0. The van der Waals surface area contributed by atoms with E-state index >= 15 is 0 Å². The second-order valence-corrected chi connectivity index (χ2v) is 4.96. The molecule has 0 atom stereocenters. The number of nitriles is 1. The average molecular weight is 286 g/mol. The van der Waals surface area contributed by atoms with E-state index < -0.39 is 5.82 Å². The van der Waals surface area contributed by atoms with E-state index in [0.29, 0.717) is 11.3 Å². The van der Waals surface area contributed by atoms with Crippen molar-refractivity contribution in [2.24, 2.45) is 0 Å². The van der Waals surface area contributed by atoms with Gasteiger partial charge in [0.25, 0.3) is 5.56 Å². The predicted octanol–water partition coefficient (Wildman–Crippen LogP) is 2.12. The van der Waals surface area contributed by atoms with Gasteiger partial charge < -0.3 is 5.32 Å². The minimum atomic E-state index is -0.466. The Bertz CT molecular complexity index is 746. The van der Waals surface area contributed by atoms with E-state index in [1.54, 1.807) is 0 Å². The van der Waals surface area contributed by atoms with Gasteiger partial charge in [-0.05, 0) is 32.0 Å². The van der Waals surface area contributed by atoms with Crippen LogP contribution in [0.3, 0.4) is 0 Å². The van der Waals surface area contributed by atoms with Crippen LogP contribution in [0.1, 0.15) is 25.0 Å². The highest BCUT2D eigenvalue weighted by atomic mass is 19.1. The van der Waals surface area contributed by atoms with Gasteiger partial charge in [-0.15, -0.1) is 0 Å². The number of hydrogen-bond donors (Lipinski definition) is 1. The molecular weight excluding hydrogens is 271 g/mol. The highest BCUT2D eigenvalue weighted by Gasteiger charge is 2.07. The summed E-state index contributed by atoms with van der Waals surface area (Å²) in [6.45, 7) is 3.89. The Hall–Kier alpha value is -2.68. The van der Waals surface area contributed by atoms with Crippen LogP contribution < -0.4 is 10.9 Å². The zero-order valence-electron chi connectivity index (χ0n) is 11.8. The van der Waals surface area contributed by atoms with Crippen LogP contribution in [0, 0.1) is 17.1 Å². The van der Waals surface area contributed by atoms with Crippen molar-refractivity contribution in [1.29, 1.82) is 5.26 Å². The second-order valence-electron chi connectivity index (χ2n) is 4.96. The molecule has 2 rings (SSSR count). The fourth-order valence-corrected chi connectivity index (χ4v) is 1.89. The van der Waals surface area contributed by atoms with Gasteiger partial charge in [-0.1, -0.05) is 0 Å². The highest BCUT2D eigenvalue weighted by Crippen LogP contribution is 2.11. The predicted molar refractivity (Wildman–Crippen MR) is 77.5 cm³/mol. The number of aromatic nitrogens is 2. The van der Waals surface area contributed by atoms with Crippen molar-refractivity contribution in [2.75, 3.05) is 5.32 Å². The minimum absolute atomic E-state index is 0.0118. The number of hydrogen-bond acceptors (Lipinski definition) is 4. The van der Waals surface area contributed by atoms with Gasteiger partial charge >= 0.3 is 0 Å². The van der Waals surface area contributed by atoms with Gasteiger partial charge in [-0.3, -0.25) is 4.79 Å². The topological polar surface area (TPSA) is 70.7 Å².